The highest BCUT2D eigenvalue weighted by atomic mass is 32.2. The molecule has 9 nitrogen and oxygen atoms in total. The summed E-state index contributed by atoms with van der Waals surface area (Å²) in [6, 6.07) is 19.9. The molecule has 0 aromatic heterocycles. The Morgan fingerprint density at radius 1 is 1.00 bits per heavy atom. The summed E-state index contributed by atoms with van der Waals surface area (Å²) < 4.78 is 50.4. The maximum Gasteiger partial charge on any atom is 0.264 e. The average Bonchev–Trinajstić information content (AvgIpc) is 2.90. The summed E-state index contributed by atoms with van der Waals surface area (Å²) in [6.07, 6.45) is -0.417. The molecule has 0 spiro atoms. The predicted molar refractivity (Wildman–Crippen MR) is 130 cm³/mol. The van der Waals surface area contributed by atoms with E-state index in [-0.39, 0.29) is 29.5 Å². The number of carbonyl (C=O) groups is 1. The third kappa shape index (κ3) is 5.43. The molecule has 0 aliphatic carbocycles. The van der Waals surface area contributed by atoms with E-state index in [9.17, 15) is 13.2 Å². The van der Waals surface area contributed by atoms with Crippen molar-refractivity contribution in [2.75, 3.05) is 38.2 Å². The van der Waals surface area contributed by atoms with Gasteiger partial charge < -0.3 is 24.3 Å². The quantitative estimate of drug-likeness (QED) is 0.484. The molecule has 0 bridgehead atoms. The molecule has 1 unspecified atom stereocenters. The highest BCUT2D eigenvalue weighted by Crippen LogP contribution is 2.35. The molecule has 0 fully saturated rings. The van der Waals surface area contributed by atoms with Crippen LogP contribution in [0.3, 0.4) is 0 Å². The summed E-state index contributed by atoms with van der Waals surface area (Å²) in [5.41, 5.74) is 0.178. The smallest absolute Gasteiger partial charge is 0.264 e. The minimum absolute atomic E-state index is 0.0401. The maximum atomic E-state index is 13.6. The molecule has 10 heteroatoms. The molecule has 0 saturated heterocycles. The van der Waals surface area contributed by atoms with E-state index < -0.39 is 28.6 Å². The number of nitrogens with one attached hydrogen (secondary N) is 1. The summed E-state index contributed by atoms with van der Waals surface area (Å²) >= 11 is 0. The number of fused-ring (bicyclic) bond motifs is 1. The normalized spacial score (nSPS) is 14.6. The lowest BCUT2D eigenvalue weighted by Gasteiger charge is -2.28. The van der Waals surface area contributed by atoms with Crippen molar-refractivity contribution < 1.29 is 32.2 Å². The molecule has 1 aliphatic rings. The number of ether oxygens (including phenoxy) is 4. The molecular weight excluding hydrogens is 472 g/mol. The molecule has 3 aromatic carbocycles. The third-order valence-electron chi connectivity index (χ3n) is 5.37. The van der Waals surface area contributed by atoms with Gasteiger partial charge in [0.2, 0.25) is 5.91 Å². The first-order valence-corrected chi connectivity index (χ1v) is 12.3. The van der Waals surface area contributed by atoms with Gasteiger partial charge in [0.15, 0.2) is 11.5 Å². The van der Waals surface area contributed by atoms with Crippen LogP contribution in [0.1, 0.15) is 0 Å². The van der Waals surface area contributed by atoms with Gasteiger partial charge in [-0.1, -0.05) is 30.3 Å². The fourth-order valence-corrected chi connectivity index (χ4v) is 5.03. The lowest BCUT2D eigenvalue weighted by Crippen LogP contribution is -2.45. The SMILES string of the molecule is COc1ccc(OC)c(N(CC(=O)NCC2COc3ccccc3O2)S(=O)(=O)c2ccccc2)c1. The van der Waals surface area contributed by atoms with Crippen LogP contribution in [0.5, 0.6) is 23.0 Å². The van der Waals surface area contributed by atoms with Crippen molar-refractivity contribution in [2.45, 2.75) is 11.0 Å². The van der Waals surface area contributed by atoms with Gasteiger partial charge in [-0.25, -0.2) is 8.42 Å². The van der Waals surface area contributed by atoms with Gasteiger partial charge >= 0.3 is 0 Å². The second-order valence-corrected chi connectivity index (χ2v) is 9.53. The minimum atomic E-state index is -4.11. The van der Waals surface area contributed by atoms with Crippen LogP contribution in [0.25, 0.3) is 0 Å². The third-order valence-corrected chi connectivity index (χ3v) is 7.14. The summed E-state index contributed by atoms with van der Waals surface area (Å²) in [7, 11) is -1.21. The molecule has 1 aliphatic heterocycles. The fourth-order valence-electron chi connectivity index (χ4n) is 3.59. The largest absolute Gasteiger partial charge is 0.497 e. The summed E-state index contributed by atoms with van der Waals surface area (Å²) in [5, 5.41) is 2.75. The number of carbonyl (C=O) groups excluding carboxylic acids is 1. The van der Waals surface area contributed by atoms with E-state index in [2.05, 4.69) is 5.32 Å². The molecule has 1 heterocycles. The molecule has 1 atom stereocenters. The standard InChI is InChI=1S/C25H26N2O7S/c1-31-18-12-13-22(32-2)21(14-18)27(35(29,30)20-8-4-3-5-9-20)16-25(28)26-15-19-17-33-23-10-6-7-11-24(23)34-19/h3-14,19H,15-17H2,1-2H3,(H,26,28). The van der Waals surface area contributed by atoms with Crippen LogP contribution < -0.4 is 28.6 Å². The number of nitrogens with zero attached hydrogens (tertiary/aromatic N) is 1. The van der Waals surface area contributed by atoms with E-state index in [1.165, 1.54) is 32.4 Å². The zero-order chi connectivity index (χ0) is 24.8. The van der Waals surface area contributed by atoms with Crippen molar-refractivity contribution in [3.8, 4) is 23.0 Å². The Morgan fingerprint density at radius 2 is 1.71 bits per heavy atom. The van der Waals surface area contributed by atoms with Crippen LogP contribution in [-0.2, 0) is 14.8 Å². The van der Waals surface area contributed by atoms with E-state index in [0.29, 0.717) is 17.2 Å². The molecule has 3 aromatic rings. The van der Waals surface area contributed by atoms with Crippen molar-refractivity contribution in [1.82, 2.24) is 5.32 Å². The number of hydrogen-bond donors (Lipinski definition) is 1. The van der Waals surface area contributed by atoms with Gasteiger partial charge in [0.1, 0.15) is 30.8 Å². The van der Waals surface area contributed by atoms with E-state index in [1.54, 1.807) is 42.5 Å². The minimum Gasteiger partial charge on any atom is -0.497 e. The van der Waals surface area contributed by atoms with Crippen LogP contribution in [0.15, 0.2) is 77.7 Å². The van der Waals surface area contributed by atoms with Gasteiger partial charge in [0.05, 0.1) is 31.3 Å². The molecule has 0 radical (unpaired) electrons. The van der Waals surface area contributed by atoms with Gasteiger partial charge in [-0.15, -0.1) is 0 Å². The number of methoxy groups -OCH3 is 2. The summed E-state index contributed by atoms with van der Waals surface area (Å²) in [5.74, 6) is 1.41. The highest BCUT2D eigenvalue weighted by molar-refractivity contribution is 7.92. The van der Waals surface area contributed by atoms with Gasteiger partial charge in [0.25, 0.3) is 10.0 Å². The zero-order valence-electron chi connectivity index (χ0n) is 19.3. The number of para-hydroxylation sites is 2. The zero-order valence-corrected chi connectivity index (χ0v) is 20.2. The Bertz CT molecular complexity index is 1280. The molecule has 35 heavy (non-hydrogen) atoms. The molecule has 184 valence electrons. The van der Waals surface area contributed by atoms with Crippen molar-refractivity contribution in [3.05, 3.63) is 72.8 Å². The summed E-state index contributed by atoms with van der Waals surface area (Å²) in [6.45, 7) is -0.0837. The lowest BCUT2D eigenvalue weighted by molar-refractivity contribution is -0.120. The van der Waals surface area contributed by atoms with Crippen LogP contribution >= 0.6 is 0 Å². The number of hydrogen-bond acceptors (Lipinski definition) is 7. The Labute approximate surface area is 204 Å². The van der Waals surface area contributed by atoms with Gasteiger partial charge in [-0.2, -0.15) is 0 Å². The molecule has 0 saturated carbocycles. The number of amides is 1. The Kier molecular flexibility index (Phi) is 7.31. The number of anilines is 1. The van der Waals surface area contributed by atoms with E-state index >= 15 is 0 Å². The predicted octanol–water partition coefficient (Wildman–Crippen LogP) is 2.86. The Balaban J connectivity index is 1.56. The molecule has 1 N–H and O–H groups in total. The number of benzene rings is 3. The molecule has 4 rings (SSSR count). The van der Waals surface area contributed by atoms with Gasteiger partial charge in [0, 0.05) is 6.07 Å². The first-order chi connectivity index (χ1) is 16.9. The lowest BCUT2D eigenvalue weighted by atomic mass is 10.2. The topological polar surface area (TPSA) is 103 Å². The van der Waals surface area contributed by atoms with Crippen LogP contribution in [0.4, 0.5) is 5.69 Å². The van der Waals surface area contributed by atoms with Crippen molar-refractivity contribution in [1.29, 1.82) is 0 Å². The second-order valence-electron chi connectivity index (χ2n) is 7.66. The van der Waals surface area contributed by atoms with Crippen LogP contribution in [-0.4, -0.2) is 54.3 Å². The van der Waals surface area contributed by atoms with E-state index in [1.807, 2.05) is 12.1 Å². The monoisotopic (exact) mass is 498 g/mol. The maximum absolute atomic E-state index is 13.6. The number of sulfonamides is 1. The second kappa shape index (κ2) is 10.6. The Morgan fingerprint density at radius 3 is 2.43 bits per heavy atom. The molecular formula is C25H26N2O7S. The Hall–Kier alpha value is -3.92. The fraction of sp³-hybridized carbons (Fsp3) is 0.240. The average molecular weight is 499 g/mol. The first kappa shape index (κ1) is 24.2. The highest BCUT2D eigenvalue weighted by Gasteiger charge is 2.30. The van der Waals surface area contributed by atoms with E-state index in [0.717, 1.165) is 4.31 Å². The van der Waals surface area contributed by atoms with Crippen molar-refractivity contribution in [3.63, 3.8) is 0 Å². The van der Waals surface area contributed by atoms with Crippen molar-refractivity contribution in [2.24, 2.45) is 0 Å². The first-order valence-electron chi connectivity index (χ1n) is 10.9. The van der Waals surface area contributed by atoms with E-state index in [4.69, 9.17) is 18.9 Å². The van der Waals surface area contributed by atoms with Gasteiger partial charge in [-0.05, 0) is 36.4 Å². The van der Waals surface area contributed by atoms with Crippen LogP contribution in [0, 0.1) is 0 Å². The van der Waals surface area contributed by atoms with Crippen molar-refractivity contribution >= 4 is 21.6 Å². The molecule has 1 amide bonds. The van der Waals surface area contributed by atoms with Crippen LogP contribution in [0.2, 0.25) is 0 Å². The summed E-state index contributed by atoms with van der Waals surface area (Å²) in [4.78, 5) is 13.0. The number of rotatable bonds is 9. The van der Waals surface area contributed by atoms with Gasteiger partial charge in [-0.3, -0.25) is 9.10 Å².